The molecule has 2 aromatic rings. The largest absolute Gasteiger partial charge is 0.419 e. The number of amides is 1. The maximum atomic E-state index is 13.4. The Kier molecular flexibility index (Phi) is 6.83. The quantitative estimate of drug-likeness (QED) is 0.488. The molecular weight excluding hydrogens is 485 g/mol. The Balaban J connectivity index is 1.40. The molecule has 1 aromatic heterocycles. The van der Waals surface area contributed by atoms with Gasteiger partial charge >= 0.3 is 6.18 Å². The number of para-hydroxylation sites is 1. The number of alkyl halides is 3. The van der Waals surface area contributed by atoms with Crippen LogP contribution in [0, 0.1) is 0 Å². The zero-order valence-corrected chi connectivity index (χ0v) is 19.9. The zero-order valence-electron chi connectivity index (χ0n) is 19.9. The van der Waals surface area contributed by atoms with Crippen molar-refractivity contribution < 1.29 is 18.0 Å². The molecule has 1 atom stereocenters. The fourth-order valence-electron chi connectivity index (χ4n) is 4.59. The Hall–Kier alpha value is -3.93. The average Bonchev–Trinajstić information content (AvgIpc) is 3.30. The van der Waals surface area contributed by atoms with Gasteiger partial charge in [-0.2, -0.15) is 13.2 Å². The van der Waals surface area contributed by atoms with Gasteiger partial charge in [0.1, 0.15) is 5.84 Å². The number of hydrogen-bond donors (Lipinski definition) is 4. The highest BCUT2D eigenvalue weighted by molar-refractivity contribution is 6.14. The summed E-state index contributed by atoms with van der Waals surface area (Å²) in [5, 5.41) is 7.29. The Morgan fingerprint density at radius 3 is 2.62 bits per heavy atom. The topological polar surface area (TPSA) is 120 Å². The second-order valence-corrected chi connectivity index (χ2v) is 9.20. The lowest BCUT2D eigenvalue weighted by molar-refractivity contribution is -0.137. The minimum atomic E-state index is -4.66. The van der Waals surface area contributed by atoms with Gasteiger partial charge in [-0.3, -0.25) is 30.2 Å². The smallest absolute Gasteiger partial charge is 0.352 e. The van der Waals surface area contributed by atoms with Crippen molar-refractivity contribution in [3.63, 3.8) is 0 Å². The van der Waals surface area contributed by atoms with E-state index >= 15 is 0 Å². The molecule has 5 N–H and O–H groups in total. The number of anilines is 2. The predicted octanol–water partition coefficient (Wildman–Crippen LogP) is 3.30. The van der Waals surface area contributed by atoms with Gasteiger partial charge < -0.3 is 16.4 Å². The van der Waals surface area contributed by atoms with Crippen LogP contribution < -0.4 is 21.8 Å². The summed E-state index contributed by atoms with van der Waals surface area (Å²) in [5.41, 5.74) is 9.27. The van der Waals surface area contributed by atoms with Gasteiger partial charge in [-0.25, -0.2) is 0 Å². The number of nitrogens with zero attached hydrogens (tertiary/aromatic N) is 4. The van der Waals surface area contributed by atoms with E-state index in [0.717, 1.165) is 37.4 Å². The van der Waals surface area contributed by atoms with Crippen LogP contribution in [-0.2, 0) is 11.0 Å². The molecule has 0 bridgehead atoms. The summed E-state index contributed by atoms with van der Waals surface area (Å²) in [6.07, 6.45) is 2.55. The molecule has 12 heteroatoms. The van der Waals surface area contributed by atoms with Crippen LogP contribution in [0.3, 0.4) is 0 Å². The number of nitrogens with one attached hydrogen (secondary N) is 3. The third kappa shape index (κ3) is 5.58. The van der Waals surface area contributed by atoms with Crippen molar-refractivity contribution in [3.05, 3.63) is 66.1 Å². The van der Waals surface area contributed by atoms with Gasteiger partial charge in [0.05, 0.1) is 29.5 Å². The summed E-state index contributed by atoms with van der Waals surface area (Å²) in [7, 11) is 0. The fourth-order valence-corrected chi connectivity index (χ4v) is 4.59. The highest BCUT2D eigenvalue weighted by Crippen LogP contribution is 2.34. The van der Waals surface area contributed by atoms with Crippen LogP contribution in [-0.4, -0.2) is 52.2 Å². The van der Waals surface area contributed by atoms with Crippen molar-refractivity contribution in [2.45, 2.75) is 50.0 Å². The Bertz CT molecular complexity index is 1240. The van der Waals surface area contributed by atoms with E-state index in [0.29, 0.717) is 23.6 Å². The van der Waals surface area contributed by atoms with E-state index in [1.807, 2.05) is 36.4 Å². The lowest BCUT2D eigenvalue weighted by atomic mass is 9.92. The molecule has 9 nitrogen and oxygen atoms in total. The molecule has 2 aliphatic heterocycles. The Morgan fingerprint density at radius 2 is 1.89 bits per heavy atom. The predicted molar refractivity (Wildman–Crippen MR) is 135 cm³/mol. The molecular formula is C25H27F3N8O. The minimum absolute atomic E-state index is 0.0555. The van der Waals surface area contributed by atoms with E-state index in [1.165, 1.54) is 6.20 Å². The van der Waals surface area contributed by atoms with Crippen molar-refractivity contribution in [2.24, 2.45) is 15.7 Å². The van der Waals surface area contributed by atoms with Crippen LogP contribution in [0.15, 0.2) is 70.5 Å². The molecule has 1 fully saturated rings. The molecule has 1 aromatic carbocycles. The third-order valence-corrected chi connectivity index (χ3v) is 6.51. The van der Waals surface area contributed by atoms with E-state index < -0.39 is 23.7 Å². The van der Waals surface area contributed by atoms with E-state index in [4.69, 9.17) is 10.7 Å². The van der Waals surface area contributed by atoms with Gasteiger partial charge in [-0.1, -0.05) is 18.2 Å². The van der Waals surface area contributed by atoms with Crippen LogP contribution in [0.25, 0.3) is 0 Å². The Labute approximate surface area is 211 Å². The maximum Gasteiger partial charge on any atom is 0.419 e. The molecule has 37 heavy (non-hydrogen) atoms. The molecule has 1 saturated carbocycles. The number of rotatable bonds is 5. The number of nitrogens with two attached hydrogens (primary N) is 1. The summed E-state index contributed by atoms with van der Waals surface area (Å²) in [6, 6.07) is 9.97. The van der Waals surface area contributed by atoms with E-state index in [1.54, 1.807) is 5.01 Å². The number of carbonyl (C=O) groups is 1. The molecule has 0 saturated heterocycles. The third-order valence-electron chi connectivity index (χ3n) is 6.51. The van der Waals surface area contributed by atoms with Crippen molar-refractivity contribution in [1.82, 2.24) is 15.4 Å². The van der Waals surface area contributed by atoms with Gasteiger partial charge in [0.25, 0.3) is 5.91 Å². The van der Waals surface area contributed by atoms with Crippen molar-refractivity contribution in [2.75, 3.05) is 17.2 Å². The number of pyridine rings is 1. The molecule has 1 unspecified atom stereocenters. The van der Waals surface area contributed by atoms with Crippen LogP contribution in [0.5, 0.6) is 0 Å². The summed E-state index contributed by atoms with van der Waals surface area (Å²) in [6.45, 7) is 0.0555. The zero-order chi connectivity index (χ0) is 26.0. The maximum absolute atomic E-state index is 13.4. The SMILES string of the molecule is NC1CCC(N=C2C=C(Nc3ccccc3)C3=NCC(C(=O)Nc4ccncc4C(F)(F)F)N3N2)CC1. The normalized spacial score (nSPS) is 24.6. The highest BCUT2D eigenvalue weighted by Gasteiger charge is 2.40. The number of aliphatic imine (C=N–C) groups is 2. The van der Waals surface area contributed by atoms with Crippen LogP contribution in [0.4, 0.5) is 24.5 Å². The van der Waals surface area contributed by atoms with Crippen LogP contribution in [0.1, 0.15) is 31.2 Å². The Morgan fingerprint density at radius 1 is 1.14 bits per heavy atom. The molecule has 194 valence electrons. The molecule has 5 rings (SSSR count). The average molecular weight is 513 g/mol. The first-order valence-corrected chi connectivity index (χ1v) is 12.1. The van der Waals surface area contributed by atoms with Crippen molar-refractivity contribution in [3.8, 4) is 0 Å². The molecule has 3 aliphatic rings. The molecule has 3 heterocycles. The lowest BCUT2D eigenvalue weighted by Crippen LogP contribution is -2.57. The van der Waals surface area contributed by atoms with Gasteiger partial charge in [0.15, 0.2) is 11.9 Å². The van der Waals surface area contributed by atoms with Gasteiger partial charge in [-0.15, -0.1) is 0 Å². The standard InChI is InChI=1S/C25H27F3N8O/c26-25(27,28)18-13-30-11-10-19(18)34-24(37)21-14-31-23-20(32-16-4-2-1-3-5-16)12-22(35-36(21)23)33-17-8-6-15(29)7-9-17/h1-5,10-13,15,17,21,32H,6-9,14,29H2,(H,33,35)(H,30,34,37). The number of halogens is 3. The van der Waals surface area contributed by atoms with E-state index in [9.17, 15) is 18.0 Å². The number of hydrazine groups is 1. The van der Waals surface area contributed by atoms with Crippen LogP contribution >= 0.6 is 0 Å². The van der Waals surface area contributed by atoms with E-state index in [-0.39, 0.29) is 24.3 Å². The number of aromatic nitrogens is 1. The minimum Gasteiger partial charge on any atom is -0.352 e. The fraction of sp³-hybridized carbons (Fsp3) is 0.360. The van der Waals surface area contributed by atoms with Crippen LogP contribution in [0.2, 0.25) is 0 Å². The summed E-state index contributed by atoms with van der Waals surface area (Å²) >= 11 is 0. The second kappa shape index (κ2) is 10.2. The number of benzene rings is 1. The summed E-state index contributed by atoms with van der Waals surface area (Å²) in [5.74, 6) is 0.378. The summed E-state index contributed by atoms with van der Waals surface area (Å²) in [4.78, 5) is 26.1. The molecule has 1 aliphatic carbocycles. The van der Waals surface area contributed by atoms with Gasteiger partial charge in [0, 0.05) is 30.2 Å². The first kappa shape index (κ1) is 24.8. The highest BCUT2D eigenvalue weighted by atomic mass is 19.4. The number of hydrogen-bond acceptors (Lipinski definition) is 7. The van der Waals surface area contributed by atoms with Gasteiger partial charge in [-0.05, 0) is 43.9 Å². The second-order valence-electron chi connectivity index (χ2n) is 9.20. The van der Waals surface area contributed by atoms with Gasteiger partial charge in [0.2, 0.25) is 0 Å². The lowest BCUT2D eigenvalue weighted by Gasteiger charge is -2.33. The number of carbonyl (C=O) groups excluding carboxylic acids is 1. The van der Waals surface area contributed by atoms with Crippen molar-refractivity contribution >= 4 is 29.0 Å². The summed E-state index contributed by atoms with van der Waals surface area (Å²) < 4.78 is 40.3. The first-order chi connectivity index (χ1) is 17.8. The number of amidine groups is 2. The number of fused-ring (bicyclic) bond motifs is 1. The van der Waals surface area contributed by atoms with E-state index in [2.05, 4.69) is 26.0 Å². The molecule has 0 radical (unpaired) electrons. The molecule has 1 amide bonds. The molecule has 0 spiro atoms. The van der Waals surface area contributed by atoms with Crippen molar-refractivity contribution in [1.29, 1.82) is 0 Å². The first-order valence-electron chi connectivity index (χ1n) is 12.1. The monoisotopic (exact) mass is 512 g/mol.